The molecule has 2 radical (unpaired) electrons. The molecule has 6 heteroatoms. The highest BCUT2D eigenvalue weighted by atomic mass is 28.3. The van der Waals surface area contributed by atoms with Gasteiger partial charge in [0.1, 0.15) is 23.0 Å². The van der Waals surface area contributed by atoms with E-state index >= 15 is 0 Å². The SMILES string of the molecule is CCCCCCOc1c2cccc1Cc1cccc(c1OCCC[Si](C)C)Cc1cccc(c1OCCCCCC)Cc1cccc(c1OCCC[Si](C)C)C2. The van der Waals surface area contributed by atoms with Gasteiger partial charge in [-0.1, -0.05) is 163 Å². The maximum Gasteiger partial charge on any atom is 0.126 e. The lowest BCUT2D eigenvalue weighted by Gasteiger charge is -2.23. The molecule has 0 N–H and O–H groups in total. The molecule has 0 spiro atoms. The zero-order valence-electron chi connectivity index (χ0n) is 35.7. The third-order valence-corrected chi connectivity index (χ3v) is 13.6. The Morgan fingerprint density at radius 3 is 0.839 bits per heavy atom. The quantitative estimate of drug-likeness (QED) is 0.0517. The van der Waals surface area contributed by atoms with Crippen molar-refractivity contribution in [2.75, 3.05) is 26.4 Å². The molecule has 56 heavy (non-hydrogen) atoms. The number of benzene rings is 4. The third kappa shape index (κ3) is 13.3. The molecule has 0 aromatic heterocycles. The zero-order valence-corrected chi connectivity index (χ0v) is 37.7. The largest absolute Gasteiger partial charge is 0.493 e. The molecule has 8 bridgehead atoms. The van der Waals surface area contributed by atoms with Crippen LogP contribution in [0.5, 0.6) is 23.0 Å². The lowest BCUT2D eigenvalue weighted by atomic mass is 9.91. The average Bonchev–Trinajstić information content (AvgIpc) is 3.17. The molecule has 0 fully saturated rings. The summed E-state index contributed by atoms with van der Waals surface area (Å²) in [7, 11) is -0.623. The van der Waals surface area contributed by atoms with E-state index in [-0.39, 0.29) is 17.6 Å². The summed E-state index contributed by atoms with van der Waals surface area (Å²) >= 11 is 0. The van der Waals surface area contributed by atoms with Gasteiger partial charge in [0.25, 0.3) is 0 Å². The van der Waals surface area contributed by atoms with E-state index < -0.39 is 0 Å². The van der Waals surface area contributed by atoms with Gasteiger partial charge in [-0.15, -0.1) is 0 Å². The standard InChI is InChI=1S/C50H70O4Si2/c1-7-9-11-13-29-51-47-39-21-15-22-40(47)36-44-26-18-28-46(50(44)54-32-20-34-56(5)6)38-42-24-16-23-41(48(42)52-30-14-12-10-8-2)37-45-27-17-25-43(35-39)49(45)53-31-19-33-55(3)4/h15-18,21-28H,7-14,19-20,29-38H2,1-6H3. The summed E-state index contributed by atoms with van der Waals surface area (Å²) < 4.78 is 27.4. The van der Waals surface area contributed by atoms with Crippen molar-refractivity contribution in [1.82, 2.24) is 0 Å². The first-order valence-electron chi connectivity index (χ1n) is 21.9. The third-order valence-electron chi connectivity index (χ3n) is 10.9. The Kier molecular flexibility index (Phi) is 18.4. The van der Waals surface area contributed by atoms with Gasteiger partial charge in [-0.25, -0.2) is 0 Å². The van der Waals surface area contributed by atoms with Crippen LogP contribution in [0.3, 0.4) is 0 Å². The van der Waals surface area contributed by atoms with Gasteiger partial charge >= 0.3 is 0 Å². The maximum atomic E-state index is 6.87. The Morgan fingerprint density at radius 1 is 0.357 bits per heavy atom. The van der Waals surface area contributed by atoms with Crippen LogP contribution in [0, 0.1) is 0 Å². The molecule has 4 aromatic rings. The van der Waals surface area contributed by atoms with Crippen molar-refractivity contribution in [3.05, 3.63) is 117 Å². The molecule has 0 saturated carbocycles. The molecule has 302 valence electrons. The highest BCUT2D eigenvalue weighted by molar-refractivity contribution is 6.55. The zero-order chi connectivity index (χ0) is 39.5. The second-order valence-electron chi connectivity index (χ2n) is 16.5. The number of para-hydroxylation sites is 4. The molecule has 0 saturated heterocycles. The lowest BCUT2D eigenvalue weighted by Crippen LogP contribution is -2.11. The van der Waals surface area contributed by atoms with Gasteiger partial charge < -0.3 is 18.9 Å². The minimum atomic E-state index is -0.312. The Balaban J connectivity index is 1.64. The van der Waals surface area contributed by atoms with Crippen LogP contribution in [0.4, 0.5) is 0 Å². The van der Waals surface area contributed by atoms with Gasteiger partial charge in [0.2, 0.25) is 0 Å². The van der Waals surface area contributed by atoms with Crippen LogP contribution in [-0.4, -0.2) is 44.0 Å². The van der Waals surface area contributed by atoms with Gasteiger partial charge in [-0.05, 0) is 70.2 Å². The minimum absolute atomic E-state index is 0.312. The summed E-state index contributed by atoms with van der Waals surface area (Å²) in [5, 5.41) is 0. The number of hydrogen-bond acceptors (Lipinski definition) is 4. The first-order chi connectivity index (χ1) is 27.4. The number of hydrogen-bond donors (Lipinski definition) is 0. The van der Waals surface area contributed by atoms with E-state index in [0.29, 0.717) is 0 Å². The van der Waals surface area contributed by atoms with Crippen LogP contribution in [0.15, 0.2) is 72.8 Å². The van der Waals surface area contributed by atoms with Crippen LogP contribution < -0.4 is 18.9 Å². The summed E-state index contributed by atoms with van der Waals surface area (Å²) in [6.45, 7) is 17.0. The average molecular weight is 791 g/mol. The molecule has 0 aliphatic heterocycles. The summed E-state index contributed by atoms with van der Waals surface area (Å²) in [6.07, 6.45) is 14.6. The molecule has 0 unspecified atom stereocenters. The second kappa shape index (κ2) is 23.7. The van der Waals surface area contributed by atoms with E-state index in [9.17, 15) is 0 Å². The fourth-order valence-electron chi connectivity index (χ4n) is 7.83. The molecule has 4 aromatic carbocycles. The predicted octanol–water partition coefficient (Wildman–Crippen LogP) is 13.3. The van der Waals surface area contributed by atoms with E-state index in [0.717, 1.165) is 101 Å². The van der Waals surface area contributed by atoms with Crippen LogP contribution in [-0.2, 0) is 25.7 Å². The number of unbranched alkanes of at least 4 members (excludes halogenated alkanes) is 6. The fourth-order valence-corrected chi connectivity index (χ4v) is 9.54. The van der Waals surface area contributed by atoms with Crippen molar-refractivity contribution in [1.29, 1.82) is 0 Å². The van der Waals surface area contributed by atoms with E-state index in [1.54, 1.807) is 0 Å². The van der Waals surface area contributed by atoms with Crippen molar-refractivity contribution in [2.45, 2.75) is 142 Å². The van der Waals surface area contributed by atoms with Gasteiger partial charge in [-0.2, -0.15) is 0 Å². The molecule has 0 amide bonds. The van der Waals surface area contributed by atoms with E-state index in [4.69, 9.17) is 18.9 Å². The summed E-state index contributed by atoms with van der Waals surface area (Å²) in [6, 6.07) is 29.5. The second-order valence-corrected chi connectivity index (χ2v) is 22.3. The Hall–Kier alpha value is -3.49. The molecule has 5 rings (SSSR count). The van der Waals surface area contributed by atoms with Crippen molar-refractivity contribution < 1.29 is 18.9 Å². The van der Waals surface area contributed by atoms with E-state index in [2.05, 4.69) is 113 Å². The number of ether oxygens (including phenoxy) is 4. The van der Waals surface area contributed by atoms with Crippen LogP contribution in [0.25, 0.3) is 0 Å². The van der Waals surface area contributed by atoms with Gasteiger partial charge in [0, 0.05) is 43.3 Å². The van der Waals surface area contributed by atoms with Crippen molar-refractivity contribution >= 4 is 17.6 Å². The topological polar surface area (TPSA) is 36.9 Å². The monoisotopic (exact) mass is 790 g/mol. The van der Waals surface area contributed by atoms with Gasteiger partial charge in [0.15, 0.2) is 0 Å². The molecule has 1 aliphatic carbocycles. The first kappa shape index (κ1) is 43.6. The first-order valence-corrected chi connectivity index (χ1v) is 27.3. The molecule has 4 nitrogen and oxygen atoms in total. The molecule has 0 atom stereocenters. The summed E-state index contributed by atoms with van der Waals surface area (Å²) in [4.78, 5) is 0. The minimum Gasteiger partial charge on any atom is -0.493 e. The summed E-state index contributed by atoms with van der Waals surface area (Å²) in [5.41, 5.74) is 9.76. The normalized spacial score (nSPS) is 12.6. The molecular formula is C50H70O4Si2. The van der Waals surface area contributed by atoms with E-state index in [1.165, 1.54) is 95.1 Å². The maximum absolute atomic E-state index is 6.87. The summed E-state index contributed by atoms with van der Waals surface area (Å²) in [5.74, 6) is 4.12. The number of fused-ring (bicyclic) bond motifs is 8. The Bertz CT molecular complexity index is 1550. The number of rotatable bonds is 22. The Morgan fingerprint density at radius 2 is 0.607 bits per heavy atom. The molecular weight excluding hydrogens is 721 g/mol. The van der Waals surface area contributed by atoms with Crippen molar-refractivity contribution in [3.63, 3.8) is 0 Å². The highest BCUT2D eigenvalue weighted by Gasteiger charge is 2.22. The van der Waals surface area contributed by atoms with Crippen LogP contribution in [0.1, 0.15) is 123 Å². The van der Waals surface area contributed by atoms with Crippen LogP contribution in [0.2, 0.25) is 38.3 Å². The fraction of sp³-hybridized carbons (Fsp3) is 0.520. The van der Waals surface area contributed by atoms with Crippen LogP contribution >= 0.6 is 0 Å². The Labute approximate surface area is 343 Å². The predicted molar refractivity (Wildman–Crippen MR) is 241 cm³/mol. The van der Waals surface area contributed by atoms with Crippen molar-refractivity contribution in [2.24, 2.45) is 0 Å². The molecule has 1 aliphatic rings. The van der Waals surface area contributed by atoms with Gasteiger partial charge in [-0.3, -0.25) is 0 Å². The lowest BCUT2D eigenvalue weighted by molar-refractivity contribution is 0.297. The molecule has 0 heterocycles. The van der Waals surface area contributed by atoms with Crippen molar-refractivity contribution in [3.8, 4) is 23.0 Å². The smallest absolute Gasteiger partial charge is 0.126 e. The van der Waals surface area contributed by atoms with Gasteiger partial charge in [0.05, 0.1) is 26.4 Å². The van der Waals surface area contributed by atoms with E-state index in [1.807, 2.05) is 0 Å². The highest BCUT2D eigenvalue weighted by Crippen LogP contribution is 2.39.